The molecule has 2 aromatic carbocycles. The summed E-state index contributed by atoms with van der Waals surface area (Å²) in [4.78, 5) is 16.4. The Morgan fingerprint density at radius 1 is 1.12 bits per heavy atom. The van der Waals surface area contributed by atoms with Gasteiger partial charge in [-0.3, -0.25) is 4.79 Å². The number of hydrogen-bond donors (Lipinski definition) is 2. The molecule has 1 aromatic heterocycles. The van der Waals surface area contributed by atoms with Crippen LogP contribution in [-0.2, 0) is 10.2 Å². The highest BCUT2D eigenvalue weighted by Gasteiger charge is 2.53. The number of aromatic nitrogens is 1. The molecule has 0 saturated heterocycles. The number of methoxy groups -OCH3 is 1. The third kappa shape index (κ3) is 2.26. The summed E-state index contributed by atoms with van der Waals surface area (Å²) in [6.45, 7) is 2.05. The topological polar surface area (TPSA) is 54.1 Å². The summed E-state index contributed by atoms with van der Waals surface area (Å²) < 4.78 is 5.16. The van der Waals surface area contributed by atoms with E-state index in [9.17, 15) is 4.79 Å². The van der Waals surface area contributed by atoms with Crippen LogP contribution in [0.25, 0.3) is 10.9 Å². The Kier molecular flexibility index (Phi) is 3.34. The first-order valence-electron chi connectivity index (χ1n) is 8.17. The van der Waals surface area contributed by atoms with Gasteiger partial charge in [0.05, 0.1) is 12.5 Å². The second-order valence-corrected chi connectivity index (χ2v) is 6.44. The number of anilines is 1. The molecule has 0 bridgehead atoms. The summed E-state index contributed by atoms with van der Waals surface area (Å²) in [6.07, 6.45) is 1.77. The molecular weight excluding hydrogens is 300 g/mol. The number of carbonyl (C=O) groups excluding carboxylic acids is 1. The van der Waals surface area contributed by atoms with E-state index < -0.39 is 5.41 Å². The van der Waals surface area contributed by atoms with Gasteiger partial charge in [0.25, 0.3) is 0 Å². The Labute approximate surface area is 140 Å². The van der Waals surface area contributed by atoms with E-state index in [1.807, 2.05) is 36.4 Å². The van der Waals surface area contributed by atoms with Gasteiger partial charge in [0, 0.05) is 22.3 Å². The zero-order chi connectivity index (χ0) is 16.7. The van der Waals surface area contributed by atoms with Crippen LogP contribution in [0.4, 0.5) is 5.69 Å². The summed E-state index contributed by atoms with van der Waals surface area (Å²) in [6, 6.07) is 15.6. The fourth-order valence-corrected chi connectivity index (χ4v) is 3.53. The lowest BCUT2D eigenvalue weighted by atomic mass is 9.92. The largest absolute Gasteiger partial charge is 0.497 e. The minimum atomic E-state index is -0.413. The van der Waals surface area contributed by atoms with Gasteiger partial charge >= 0.3 is 0 Å². The van der Waals surface area contributed by atoms with Crippen LogP contribution in [-0.4, -0.2) is 18.0 Å². The Balaban J connectivity index is 1.66. The maximum Gasteiger partial charge on any atom is 0.235 e. The number of amides is 1. The number of fused-ring (bicyclic) bond motifs is 1. The van der Waals surface area contributed by atoms with E-state index in [0.717, 1.165) is 46.4 Å². The fourth-order valence-electron chi connectivity index (χ4n) is 3.53. The van der Waals surface area contributed by atoms with Crippen LogP contribution in [0.3, 0.4) is 0 Å². The third-order valence-corrected chi connectivity index (χ3v) is 4.90. The highest BCUT2D eigenvalue weighted by atomic mass is 16.5. The van der Waals surface area contributed by atoms with Gasteiger partial charge in [-0.1, -0.05) is 18.2 Å². The van der Waals surface area contributed by atoms with Crippen molar-refractivity contribution in [2.75, 3.05) is 12.4 Å². The van der Waals surface area contributed by atoms with Crippen LogP contribution < -0.4 is 10.1 Å². The SMILES string of the molecule is COc1ccc(NC(=O)C2(c3c(C)[nH]c4ccccc34)CC2)cc1. The number of nitrogens with one attached hydrogen (secondary N) is 2. The van der Waals surface area contributed by atoms with Crippen molar-refractivity contribution in [3.8, 4) is 5.75 Å². The van der Waals surface area contributed by atoms with E-state index in [4.69, 9.17) is 4.74 Å². The molecule has 0 radical (unpaired) electrons. The molecular formula is C20H20N2O2. The smallest absolute Gasteiger partial charge is 0.235 e. The molecule has 0 unspecified atom stereocenters. The number of H-pyrrole nitrogens is 1. The van der Waals surface area contributed by atoms with E-state index >= 15 is 0 Å². The van der Waals surface area contributed by atoms with E-state index in [2.05, 4.69) is 29.4 Å². The summed E-state index contributed by atoms with van der Waals surface area (Å²) in [7, 11) is 1.63. The van der Waals surface area contributed by atoms with Crippen LogP contribution in [0, 0.1) is 6.92 Å². The number of rotatable bonds is 4. The standard InChI is InChI=1S/C20H20N2O2/c1-13-18(16-5-3-4-6-17(16)21-13)20(11-12-20)19(23)22-14-7-9-15(24-2)10-8-14/h3-10,21H,11-12H2,1-2H3,(H,22,23). The average molecular weight is 320 g/mol. The molecule has 3 aromatic rings. The lowest BCUT2D eigenvalue weighted by Crippen LogP contribution is -2.28. The molecule has 1 aliphatic carbocycles. The van der Waals surface area contributed by atoms with Crippen LogP contribution >= 0.6 is 0 Å². The molecule has 1 fully saturated rings. The Bertz CT molecular complexity index is 905. The second-order valence-electron chi connectivity index (χ2n) is 6.44. The molecule has 1 amide bonds. The van der Waals surface area contributed by atoms with Crippen molar-refractivity contribution >= 4 is 22.5 Å². The first-order chi connectivity index (χ1) is 11.6. The lowest BCUT2D eigenvalue weighted by Gasteiger charge is -2.16. The minimum Gasteiger partial charge on any atom is -0.497 e. The molecule has 2 N–H and O–H groups in total. The van der Waals surface area contributed by atoms with Gasteiger partial charge < -0.3 is 15.0 Å². The van der Waals surface area contributed by atoms with Gasteiger partial charge in [-0.2, -0.15) is 0 Å². The van der Waals surface area contributed by atoms with Crippen molar-refractivity contribution in [2.24, 2.45) is 0 Å². The second kappa shape index (κ2) is 5.41. The Morgan fingerprint density at radius 3 is 2.50 bits per heavy atom. The number of carbonyl (C=O) groups is 1. The number of aryl methyl sites for hydroxylation is 1. The van der Waals surface area contributed by atoms with Crippen LogP contribution in [0.5, 0.6) is 5.75 Å². The molecule has 4 nitrogen and oxygen atoms in total. The monoisotopic (exact) mass is 320 g/mol. The number of ether oxygens (including phenoxy) is 1. The first-order valence-corrected chi connectivity index (χ1v) is 8.17. The van der Waals surface area contributed by atoms with Gasteiger partial charge in [-0.25, -0.2) is 0 Å². The van der Waals surface area contributed by atoms with Crippen LogP contribution in [0.15, 0.2) is 48.5 Å². The summed E-state index contributed by atoms with van der Waals surface area (Å²) >= 11 is 0. The summed E-state index contributed by atoms with van der Waals surface area (Å²) in [5.41, 5.74) is 3.70. The predicted molar refractivity (Wildman–Crippen MR) is 95.6 cm³/mol. The highest BCUT2D eigenvalue weighted by molar-refractivity contribution is 6.05. The van der Waals surface area contributed by atoms with E-state index in [1.165, 1.54) is 0 Å². The molecule has 122 valence electrons. The number of aromatic amines is 1. The fraction of sp³-hybridized carbons (Fsp3) is 0.250. The first kappa shape index (κ1) is 14.8. The Morgan fingerprint density at radius 2 is 1.83 bits per heavy atom. The molecule has 0 aliphatic heterocycles. The highest BCUT2D eigenvalue weighted by Crippen LogP contribution is 2.52. The number of hydrogen-bond acceptors (Lipinski definition) is 2. The lowest BCUT2D eigenvalue weighted by molar-refractivity contribution is -0.118. The van der Waals surface area contributed by atoms with Crippen molar-refractivity contribution in [1.29, 1.82) is 0 Å². The van der Waals surface area contributed by atoms with Crippen molar-refractivity contribution in [1.82, 2.24) is 4.98 Å². The summed E-state index contributed by atoms with van der Waals surface area (Å²) in [5.74, 6) is 0.849. The van der Waals surface area contributed by atoms with Crippen molar-refractivity contribution in [2.45, 2.75) is 25.2 Å². The Hall–Kier alpha value is -2.75. The predicted octanol–water partition coefficient (Wildman–Crippen LogP) is 4.16. The number of para-hydroxylation sites is 1. The molecule has 1 aliphatic rings. The van der Waals surface area contributed by atoms with E-state index in [0.29, 0.717) is 0 Å². The zero-order valence-electron chi connectivity index (χ0n) is 13.8. The van der Waals surface area contributed by atoms with E-state index in [1.54, 1.807) is 7.11 Å². The van der Waals surface area contributed by atoms with Crippen molar-refractivity contribution in [3.05, 3.63) is 59.8 Å². The van der Waals surface area contributed by atoms with Gasteiger partial charge in [0.1, 0.15) is 5.75 Å². The van der Waals surface area contributed by atoms with E-state index in [-0.39, 0.29) is 5.91 Å². The zero-order valence-corrected chi connectivity index (χ0v) is 13.8. The number of benzene rings is 2. The molecule has 0 atom stereocenters. The minimum absolute atomic E-state index is 0.0699. The summed E-state index contributed by atoms with van der Waals surface area (Å²) in [5, 5.41) is 4.22. The van der Waals surface area contributed by atoms with Crippen LogP contribution in [0.1, 0.15) is 24.1 Å². The molecule has 1 saturated carbocycles. The van der Waals surface area contributed by atoms with Gasteiger partial charge in [-0.05, 0) is 55.7 Å². The maximum atomic E-state index is 13.0. The normalized spacial score (nSPS) is 15.2. The van der Waals surface area contributed by atoms with Gasteiger partial charge in [0.15, 0.2) is 0 Å². The molecule has 24 heavy (non-hydrogen) atoms. The quantitative estimate of drug-likeness (QED) is 0.758. The van der Waals surface area contributed by atoms with Gasteiger partial charge in [-0.15, -0.1) is 0 Å². The maximum absolute atomic E-state index is 13.0. The van der Waals surface area contributed by atoms with Gasteiger partial charge in [0.2, 0.25) is 5.91 Å². The van der Waals surface area contributed by atoms with Crippen molar-refractivity contribution in [3.63, 3.8) is 0 Å². The van der Waals surface area contributed by atoms with Crippen molar-refractivity contribution < 1.29 is 9.53 Å². The third-order valence-electron chi connectivity index (χ3n) is 4.90. The van der Waals surface area contributed by atoms with Crippen LogP contribution in [0.2, 0.25) is 0 Å². The molecule has 4 rings (SSSR count). The molecule has 0 spiro atoms. The molecule has 4 heteroatoms. The molecule has 1 heterocycles. The average Bonchev–Trinajstić information content (AvgIpc) is 3.32.